The van der Waals surface area contributed by atoms with Gasteiger partial charge in [-0.3, -0.25) is 0 Å². The highest BCUT2D eigenvalue weighted by atomic mass is 16.5. The third-order valence-corrected chi connectivity index (χ3v) is 2.77. The number of hydrogen-bond acceptors (Lipinski definition) is 6. The molecule has 108 valence electrons. The lowest BCUT2D eigenvalue weighted by molar-refractivity contribution is 0.178. The highest BCUT2D eigenvalue weighted by Crippen LogP contribution is 2.15. The van der Waals surface area contributed by atoms with Crippen molar-refractivity contribution in [3.05, 3.63) is 11.9 Å². The van der Waals surface area contributed by atoms with Crippen molar-refractivity contribution in [2.45, 2.75) is 46.3 Å². The molecule has 1 rings (SSSR count). The maximum atomic E-state index is 5.40. The minimum atomic E-state index is 0.360. The Kier molecular flexibility index (Phi) is 6.52. The second-order valence-corrected chi connectivity index (χ2v) is 5.15. The Morgan fingerprint density at radius 3 is 2.47 bits per heavy atom. The fourth-order valence-electron chi connectivity index (χ4n) is 1.75. The van der Waals surface area contributed by atoms with Gasteiger partial charge in [0, 0.05) is 19.2 Å². The Bertz CT molecular complexity index is 383. The molecule has 1 aromatic rings. The molecule has 1 unspecified atom stereocenters. The third-order valence-electron chi connectivity index (χ3n) is 2.77. The molecule has 0 aromatic carbocycles. The summed E-state index contributed by atoms with van der Waals surface area (Å²) in [4.78, 5) is 8.61. The van der Waals surface area contributed by atoms with Gasteiger partial charge in [-0.15, -0.1) is 0 Å². The molecule has 1 atom stereocenters. The molecule has 0 spiro atoms. The quantitative estimate of drug-likeness (QED) is 0.494. The lowest BCUT2D eigenvalue weighted by Crippen LogP contribution is -2.18. The fraction of sp³-hybridized carbons (Fsp3) is 0.692. The van der Waals surface area contributed by atoms with E-state index in [-0.39, 0.29) is 0 Å². The highest BCUT2D eigenvalue weighted by molar-refractivity contribution is 5.47. The molecule has 1 aromatic heterocycles. The summed E-state index contributed by atoms with van der Waals surface area (Å²) < 4.78 is 5.04. The van der Waals surface area contributed by atoms with Gasteiger partial charge in [-0.05, 0) is 25.7 Å². The summed E-state index contributed by atoms with van der Waals surface area (Å²) in [7, 11) is 1.62. The maximum absolute atomic E-state index is 5.40. The zero-order valence-electron chi connectivity index (χ0n) is 12.2. The normalized spacial score (nSPS) is 12.5. The minimum Gasteiger partial charge on any atom is -0.377 e. The highest BCUT2D eigenvalue weighted by Gasteiger charge is 2.08. The zero-order valence-corrected chi connectivity index (χ0v) is 12.2. The number of anilines is 2. The smallest absolute Gasteiger partial charge is 0.158 e. The van der Waals surface area contributed by atoms with Crippen LogP contribution in [-0.2, 0) is 11.3 Å². The van der Waals surface area contributed by atoms with E-state index in [0.29, 0.717) is 30.2 Å². The molecule has 0 aliphatic rings. The van der Waals surface area contributed by atoms with Crippen LogP contribution in [0.1, 0.15) is 39.4 Å². The Morgan fingerprint density at radius 1 is 1.21 bits per heavy atom. The summed E-state index contributed by atoms with van der Waals surface area (Å²) in [5.41, 5.74) is 2.54. The van der Waals surface area contributed by atoms with Gasteiger partial charge in [0.1, 0.15) is 18.2 Å². The first-order chi connectivity index (χ1) is 9.05. The van der Waals surface area contributed by atoms with E-state index in [1.165, 1.54) is 6.42 Å². The third kappa shape index (κ3) is 5.85. The number of nitrogen functional groups attached to an aromatic ring is 1. The second kappa shape index (κ2) is 7.91. The number of nitrogens with two attached hydrogens (primary N) is 1. The molecule has 0 aliphatic carbocycles. The molecule has 4 N–H and O–H groups in total. The fourth-order valence-corrected chi connectivity index (χ4v) is 1.75. The van der Waals surface area contributed by atoms with Crippen LogP contribution in [0.3, 0.4) is 0 Å². The molecule has 6 heteroatoms. The zero-order chi connectivity index (χ0) is 14.3. The van der Waals surface area contributed by atoms with E-state index in [1.807, 2.05) is 0 Å². The second-order valence-electron chi connectivity index (χ2n) is 5.15. The van der Waals surface area contributed by atoms with E-state index < -0.39 is 0 Å². The Labute approximate surface area is 115 Å². The van der Waals surface area contributed by atoms with Crippen molar-refractivity contribution in [2.24, 2.45) is 11.8 Å². The van der Waals surface area contributed by atoms with Crippen LogP contribution in [0.25, 0.3) is 0 Å². The molecule has 19 heavy (non-hydrogen) atoms. The Hall–Kier alpha value is -1.40. The molecule has 6 nitrogen and oxygen atoms in total. The molecule has 0 saturated heterocycles. The topological polar surface area (TPSA) is 85.1 Å². The van der Waals surface area contributed by atoms with E-state index in [9.17, 15) is 0 Å². The Balaban J connectivity index is 2.67. The van der Waals surface area contributed by atoms with Crippen molar-refractivity contribution in [1.29, 1.82) is 0 Å². The van der Waals surface area contributed by atoms with Crippen molar-refractivity contribution < 1.29 is 4.74 Å². The van der Waals surface area contributed by atoms with Crippen LogP contribution in [0.2, 0.25) is 0 Å². The average molecular weight is 267 g/mol. The summed E-state index contributed by atoms with van der Waals surface area (Å²) in [6.45, 7) is 6.97. The summed E-state index contributed by atoms with van der Waals surface area (Å²) in [5.74, 6) is 8.07. The summed E-state index contributed by atoms with van der Waals surface area (Å²) in [6.07, 6.45) is 2.29. The van der Waals surface area contributed by atoms with Crippen LogP contribution in [0.15, 0.2) is 6.07 Å². The molecular weight excluding hydrogens is 242 g/mol. The van der Waals surface area contributed by atoms with Gasteiger partial charge in [0.15, 0.2) is 5.82 Å². The number of aromatic nitrogens is 2. The predicted molar refractivity (Wildman–Crippen MR) is 77.7 cm³/mol. The van der Waals surface area contributed by atoms with Gasteiger partial charge in [0.25, 0.3) is 0 Å². The van der Waals surface area contributed by atoms with Crippen molar-refractivity contribution >= 4 is 11.6 Å². The lowest BCUT2D eigenvalue weighted by atomic mass is 10.0. The van der Waals surface area contributed by atoms with Gasteiger partial charge in [-0.1, -0.05) is 13.8 Å². The van der Waals surface area contributed by atoms with Gasteiger partial charge < -0.3 is 15.5 Å². The monoisotopic (exact) mass is 267 g/mol. The van der Waals surface area contributed by atoms with Crippen LogP contribution in [0, 0.1) is 5.92 Å². The van der Waals surface area contributed by atoms with E-state index in [4.69, 9.17) is 10.6 Å². The van der Waals surface area contributed by atoms with Crippen LogP contribution < -0.4 is 16.6 Å². The van der Waals surface area contributed by atoms with E-state index in [2.05, 4.69) is 41.5 Å². The summed E-state index contributed by atoms with van der Waals surface area (Å²) in [5, 5.41) is 3.37. The van der Waals surface area contributed by atoms with E-state index in [0.717, 1.165) is 12.2 Å². The molecule has 0 bridgehead atoms. The van der Waals surface area contributed by atoms with Crippen LogP contribution in [0.4, 0.5) is 11.6 Å². The number of rotatable bonds is 8. The molecule has 0 saturated carbocycles. The maximum Gasteiger partial charge on any atom is 0.158 e. The molecule has 0 fully saturated rings. The SMILES string of the molecule is COCc1nc(NN)cc(NC(C)CCC(C)C)n1. The van der Waals surface area contributed by atoms with Crippen LogP contribution in [-0.4, -0.2) is 23.1 Å². The van der Waals surface area contributed by atoms with Crippen molar-refractivity contribution in [1.82, 2.24) is 9.97 Å². The van der Waals surface area contributed by atoms with Gasteiger partial charge in [0.05, 0.1) is 0 Å². The molecule has 1 heterocycles. The largest absolute Gasteiger partial charge is 0.377 e. The molecule has 0 amide bonds. The number of nitrogens with one attached hydrogen (secondary N) is 2. The van der Waals surface area contributed by atoms with E-state index >= 15 is 0 Å². The van der Waals surface area contributed by atoms with Gasteiger partial charge in [-0.25, -0.2) is 15.8 Å². The standard InChI is InChI=1S/C13H25N5O/c1-9(2)5-6-10(3)15-11-7-12(18-14)17-13(16-11)8-19-4/h7,9-10H,5-6,8,14H2,1-4H3,(H2,15,16,17,18). The average Bonchev–Trinajstić information content (AvgIpc) is 2.36. The molecular formula is C13H25N5O. The molecule has 0 aliphatic heterocycles. The molecule has 0 radical (unpaired) electrons. The van der Waals surface area contributed by atoms with Gasteiger partial charge >= 0.3 is 0 Å². The number of methoxy groups -OCH3 is 1. The van der Waals surface area contributed by atoms with Crippen molar-refractivity contribution in [3.63, 3.8) is 0 Å². The first kappa shape index (κ1) is 15.7. The first-order valence-electron chi connectivity index (χ1n) is 6.65. The van der Waals surface area contributed by atoms with Gasteiger partial charge in [-0.2, -0.15) is 0 Å². The minimum absolute atomic E-state index is 0.360. The predicted octanol–water partition coefficient (Wildman–Crippen LogP) is 2.15. The van der Waals surface area contributed by atoms with Crippen LogP contribution >= 0.6 is 0 Å². The van der Waals surface area contributed by atoms with Crippen molar-refractivity contribution in [2.75, 3.05) is 17.9 Å². The summed E-state index contributed by atoms with van der Waals surface area (Å²) >= 11 is 0. The van der Waals surface area contributed by atoms with Crippen molar-refractivity contribution in [3.8, 4) is 0 Å². The number of nitrogens with zero attached hydrogens (tertiary/aromatic N) is 2. The lowest BCUT2D eigenvalue weighted by Gasteiger charge is -2.16. The Morgan fingerprint density at radius 2 is 1.89 bits per heavy atom. The number of hydrogen-bond donors (Lipinski definition) is 3. The van der Waals surface area contributed by atoms with Gasteiger partial charge in [0.2, 0.25) is 0 Å². The van der Waals surface area contributed by atoms with Crippen LogP contribution in [0.5, 0.6) is 0 Å². The summed E-state index contributed by atoms with van der Waals surface area (Å²) in [6, 6.07) is 2.16. The van der Waals surface area contributed by atoms with E-state index in [1.54, 1.807) is 13.2 Å². The first-order valence-corrected chi connectivity index (χ1v) is 6.65. The number of ether oxygens (including phenoxy) is 1. The number of hydrazine groups is 1.